The van der Waals surface area contributed by atoms with E-state index in [1.165, 1.54) is 11.5 Å². The lowest BCUT2D eigenvalue weighted by atomic mass is 10.4. The van der Waals surface area contributed by atoms with Crippen molar-refractivity contribution >= 4 is 11.5 Å². The zero-order valence-electron chi connectivity index (χ0n) is 7.31. The van der Waals surface area contributed by atoms with Gasteiger partial charge in [0.2, 0.25) is 5.88 Å². The molecule has 0 atom stereocenters. The van der Waals surface area contributed by atoms with E-state index in [4.69, 9.17) is 5.11 Å². The molecule has 0 aliphatic carbocycles. The molecule has 0 radical (unpaired) electrons. The van der Waals surface area contributed by atoms with Crippen molar-refractivity contribution in [3.63, 3.8) is 0 Å². The summed E-state index contributed by atoms with van der Waals surface area (Å²) in [6.07, 6.45) is 0. The van der Waals surface area contributed by atoms with Crippen molar-refractivity contribution < 1.29 is 5.11 Å². The Morgan fingerprint density at radius 3 is 2.86 bits per heavy atom. The highest BCUT2D eigenvalue weighted by Crippen LogP contribution is 2.20. The van der Waals surface area contributed by atoms with Crippen molar-refractivity contribution in [1.82, 2.24) is 14.3 Å². The summed E-state index contributed by atoms with van der Waals surface area (Å²) in [5.74, 6) is 0.0652. The monoisotopic (exact) mass is 209 g/mol. The van der Waals surface area contributed by atoms with Gasteiger partial charge in [-0.25, -0.2) is 0 Å². The molecule has 0 aliphatic heterocycles. The van der Waals surface area contributed by atoms with E-state index in [0.29, 0.717) is 5.82 Å². The maximum Gasteiger partial charge on any atom is 0.254 e. The maximum absolute atomic E-state index is 11.0. The summed E-state index contributed by atoms with van der Waals surface area (Å²) in [6.45, 7) is 1.85. The van der Waals surface area contributed by atoms with Crippen molar-refractivity contribution in [2.75, 3.05) is 0 Å². The molecule has 2 rings (SSSR count). The fourth-order valence-electron chi connectivity index (χ4n) is 1.04. The van der Waals surface area contributed by atoms with E-state index in [2.05, 4.69) is 14.3 Å². The zero-order valence-corrected chi connectivity index (χ0v) is 8.13. The number of aryl methyl sites for hydroxylation is 1. The Hall–Kier alpha value is -1.69. The lowest BCUT2D eigenvalue weighted by molar-refractivity contribution is 0.452. The summed E-state index contributed by atoms with van der Waals surface area (Å²) >= 11 is 1.23. The van der Waals surface area contributed by atoms with E-state index in [-0.39, 0.29) is 11.4 Å². The van der Waals surface area contributed by atoms with Gasteiger partial charge in [0.25, 0.3) is 5.56 Å². The molecule has 2 aromatic rings. The van der Waals surface area contributed by atoms with Crippen LogP contribution in [0.15, 0.2) is 16.9 Å². The molecule has 14 heavy (non-hydrogen) atoms. The van der Waals surface area contributed by atoms with E-state index in [1.54, 1.807) is 6.07 Å². The molecule has 6 heteroatoms. The molecular weight excluding hydrogens is 202 g/mol. The lowest BCUT2D eigenvalue weighted by Gasteiger charge is -1.95. The quantitative estimate of drug-likeness (QED) is 0.731. The van der Waals surface area contributed by atoms with E-state index in [0.717, 1.165) is 16.6 Å². The second kappa shape index (κ2) is 3.22. The Kier molecular flexibility index (Phi) is 2.05. The standard InChI is InChI=1S/C8H7N3O2S/c1-4-2-5(14-11-4)8-9-6(12)3-7(13)10-8/h2-3H,1H3,(H2,9,10,12,13). The van der Waals surface area contributed by atoms with Crippen molar-refractivity contribution in [2.45, 2.75) is 6.92 Å². The molecule has 2 heterocycles. The molecule has 2 N–H and O–H groups in total. The summed E-state index contributed by atoms with van der Waals surface area (Å²) < 4.78 is 4.05. The number of aromatic hydroxyl groups is 1. The average molecular weight is 209 g/mol. The Morgan fingerprint density at radius 1 is 1.50 bits per heavy atom. The molecule has 0 unspecified atom stereocenters. The highest BCUT2D eigenvalue weighted by atomic mass is 32.1. The Bertz CT molecular complexity index is 517. The average Bonchev–Trinajstić information content (AvgIpc) is 2.50. The van der Waals surface area contributed by atoms with Crippen LogP contribution >= 0.6 is 11.5 Å². The predicted molar refractivity (Wildman–Crippen MR) is 52.4 cm³/mol. The lowest BCUT2D eigenvalue weighted by Crippen LogP contribution is -2.05. The fraction of sp³-hybridized carbons (Fsp3) is 0.125. The van der Waals surface area contributed by atoms with Gasteiger partial charge in [0.05, 0.1) is 16.6 Å². The number of nitrogens with zero attached hydrogens (tertiary/aromatic N) is 2. The molecule has 0 aliphatic rings. The largest absolute Gasteiger partial charge is 0.493 e. The van der Waals surface area contributed by atoms with Crippen LogP contribution in [0.25, 0.3) is 10.7 Å². The molecule has 5 nitrogen and oxygen atoms in total. The molecule has 0 bridgehead atoms. The van der Waals surface area contributed by atoms with Gasteiger partial charge in [0.1, 0.15) is 0 Å². The third-order valence-electron chi connectivity index (χ3n) is 1.59. The van der Waals surface area contributed by atoms with Crippen molar-refractivity contribution in [3.8, 4) is 16.6 Å². The third-order valence-corrected chi connectivity index (χ3v) is 2.48. The van der Waals surface area contributed by atoms with Crippen LogP contribution in [0.4, 0.5) is 0 Å². The number of rotatable bonds is 1. The molecule has 72 valence electrons. The summed E-state index contributed by atoms with van der Waals surface area (Å²) in [6, 6.07) is 2.82. The predicted octanol–water partition coefficient (Wildman–Crippen LogP) is 0.907. The number of aromatic nitrogens is 3. The van der Waals surface area contributed by atoms with E-state index in [9.17, 15) is 4.79 Å². The first kappa shape index (κ1) is 8.89. The minimum atomic E-state index is -0.376. The van der Waals surface area contributed by atoms with Crippen molar-refractivity contribution in [1.29, 1.82) is 0 Å². The highest BCUT2D eigenvalue weighted by Gasteiger charge is 2.05. The van der Waals surface area contributed by atoms with Gasteiger partial charge in [-0.2, -0.15) is 9.36 Å². The first-order valence-corrected chi connectivity index (χ1v) is 4.66. The topological polar surface area (TPSA) is 78.9 Å². The number of H-pyrrole nitrogens is 1. The zero-order chi connectivity index (χ0) is 10.1. The highest BCUT2D eigenvalue weighted by molar-refractivity contribution is 7.09. The SMILES string of the molecule is Cc1cc(-c2nc(O)cc(=O)[nH]2)sn1. The van der Waals surface area contributed by atoms with Gasteiger partial charge in [0, 0.05) is 0 Å². The second-order valence-electron chi connectivity index (χ2n) is 2.78. The third kappa shape index (κ3) is 1.64. The van der Waals surface area contributed by atoms with Crippen LogP contribution < -0.4 is 5.56 Å². The van der Waals surface area contributed by atoms with Crippen LogP contribution in [0.3, 0.4) is 0 Å². The van der Waals surface area contributed by atoms with Crippen LogP contribution in [0.1, 0.15) is 5.69 Å². The number of hydrogen-bond donors (Lipinski definition) is 2. The normalized spacial score (nSPS) is 10.4. The van der Waals surface area contributed by atoms with Gasteiger partial charge in [-0.05, 0) is 24.5 Å². The number of nitrogens with one attached hydrogen (secondary N) is 1. The Morgan fingerprint density at radius 2 is 2.29 bits per heavy atom. The van der Waals surface area contributed by atoms with Gasteiger partial charge in [-0.1, -0.05) is 0 Å². The maximum atomic E-state index is 11.0. The first-order chi connectivity index (χ1) is 6.65. The van der Waals surface area contributed by atoms with E-state index >= 15 is 0 Å². The van der Waals surface area contributed by atoms with Crippen LogP contribution in [0.5, 0.6) is 5.88 Å². The summed E-state index contributed by atoms with van der Waals surface area (Å²) in [5, 5.41) is 9.12. The summed E-state index contributed by atoms with van der Waals surface area (Å²) in [4.78, 5) is 18.1. The van der Waals surface area contributed by atoms with Crippen molar-refractivity contribution in [3.05, 3.63) is 28.2 Å². The molecule has 0 saturated carbocycles. The molecular formula is C8H7N3O2S. The van der Waals surface area contributed by atoms with Crippen LogP contribution in [0, 0.1) is 6.92 Å². The summed E-state index contributed by atoms with van der Waals surface area (Å²) in [5.41, 5.74) is 0.481. The Labute approximate surface area is 83.2 Å². The van der Waals surface area contributed by atoms with Gasteiger partial charge in [-0.15, -0.1) is 0 Å². The van der Waals surface area contributed by atoms with Crippen molar-refractivity contribution in [2.24, 2.45) is 0 Å². The number of hydrogen-bond acceptors (Lipinski definition) is 5. The molecule has 0 amide bonds. The summed E-state index contributed by atoms with van der Waals surface area (Å²) in [7, 11) is 0. The minimum absolute atomic E-state index is 0.283. The van der Waals surface area contributed by atoms with Gasteiger partial charge in [0.15, 0.2) is 5.82 Å². The molecule has 0 aromatic carbocycles. The molecule has 0 fully saturated rings. The van der Waals surface area contributed by atoms with E-state index < -0.39 is 0 Å². The molecule has 2 aromatic heterocycles. The minimum Gasteiger partial charge on any atom is -0.493 e. The van der Waals surface area contributed by atoms with Gasteiger partial charge >= 0.3 is 0 Å². The number of aromatic amines is 1. The van der Waals surface area contributed by atoms with Crippen LogP contribution in [-0.4, -0.2) is 19.4 Å². The Balaban J connectivity index is 2.56. The first-order valence-electron chi connectivity index (χ1n) is 3.89. The molecule has 0 spiro atoms. The smallest absolute Gasteiger partial charge is 0.254 e. The van der Waals surface area contributed by atoms with Crippen LogP contribution in [-0.2, 0) is 0 Å². The molecule has 0 saturated heterocycles. The second-order valence-corrected chi connectivity index (χ2v) is 3.59. The van der Waals surface area contributed by atoms with Gasteiger partial charge in [-0.3, -0.25) is 4.79 Å². The van der Waals surface area contributed by atoms with Crippen LogP contribution in [0.2, 0.25) is 0 Å². The fourth-order valence-corrected chi connectivity index (χ4v) is 1.74. The van der Waals surface area contributed by atoms with Gasteiger partial charge < -0.3 is 10.1 Å². The van der Waals surface area contributed by atoms with E-state index in [1.807, 2.05) is 6.92 Å².